The number of carbonyl (C=O) groups is 1. The van der Waals surface area contributed by atoms with Crippen molar-refractivity contribution in [3.63, 3.8) is 0 Å². The first-order valence-corrected chi connectivity index (χ1v) is 5.29. The van der Waals surface area contributed by atoms with E-state index in [0.717, 1.165) is 0 Å². The predicted molar refractivity (Wildman–Crippen MR) is 57.0 cm³/mol. The first-order chi connectivity index (χ1) is 6.52. The second-order valence-electron chi connectivity index (χ2n) is 2.64. The molecule has 1 aromatic rings. The van der Waals surface area contributed by atoms with E-state index in [1.54, 1.807) is 12.4 Å². The summed E-state index contributed by atoms with van der Waals surface area (Å²) in [7, 11) is 0. The highest BCUT2D eigenvalue weighted by atomic mass is 79.9. The van der Waals surface area contributed by atoms with Crippen molar-refractivity contribution in [3.05, 3.63) is 26.9 Å². The van der Waals surface area contributed by atoms with E-state index in [2.05, 4.69) is 36.8 Å². The molecule has 6 heteroatoms. The summed E-state index contributed by atoms with van der Waals surface area (Å²) < 4.78 is 1.35. The van der Waals surface area contributed by atoms with E-state index in [-0.39, 0.29) is 6.42 Å². The van der Waals surface area contributed by atoms with Gasteiger partial charge in [0.05, 0.1) is 0 Å². The zero-order valence-corrected chi connectivity index (χ0v) is 10.1. The van der Waals surface area contributed by atoms with Crippen molar-refractivity contribution in [3.8, 4) is 0 Å². The van der Waals surface area contributed by atoms with Crippen LogP contribution in [0.2, 0.25) is 0 Å². The van der Waals surface area contributed by atoms with Crippen molar-refractivity contribution in [2.75, 3.05) is 0 Å². The Labute approximate surface area is 97.2 Å². The molecule has 1 heterocycles. The van der Waals surface area contributed by atoms with Crippen LogP contribution in [0.5, 0.6) is 0 Å². The number of hydrogen-bond donors (Lipinski definition) is 2. The van der Waals surface area contributed by atoms with Gasteiger partial charge in [-0.05, 0) is 37.4 Å². The van der Waals surface area contributed by atoms with Gasteiger partial charge in [0.25, 0.3) is 0 Å². The van der Waals surface area contributed by atoms with Crippen LogP contribution in [0.3, 0.4) is 0 Å². The van der Waals surface area contributed by atoms with Crippen LogP contribution >= 0.6 is 31.9 Å². The molecule has 1 atom stereocenters. The van der Waals surface area contributed by atoms with Crippen molar-refractivity contribution in [2.45, 2.75) is 12.5 Å². The van der Waals surface area contributed by atoms with Gasteiger partial charge >= 0.3 is 5.97 Å². The Hall–Kier alpha value is -0.460. The first-order valence-electron chi connectivity index (χ1n) is 3.71. The molecule has 0 radical (unpaired) electrons. The van der Waals surface area contributed by atoms with Crippen LogP contribution in [0, 0.1) is 0 Å². The summed E-state index contributed by atoms with van der Waals surface area (Å²) in [6, 6.07) is 0. The summed E-state index contributed by atoms with van der Waals surface area (Å²) in [5.74, 6) is -1.24. The van der Waals surface area contributed by atoms with E-state index in [4.69, 9.17) is 10.2 Å². The summed E-state index contributed by atoms with van der Waals surface area (Å²) in [5, 5.41) is 17.7. The molecule has 14 heavy (non-hydrogen) atoms. The molecule has 0 aliphatic carbocycles. The largest absolute Gasteiger partial charge is 0.479 e. The lowest BCUT2D eigenvalue weighted by molar-refractivity contribution is -0.146. The molecule has 1 aromatic heterocycles. The molecule has 0 aromatic carbocycles. The number of aliphatic hydroxyl groups is 1. The first kappa shape index (κ1) is 11.6. The Morgan fingerprint density at radius 3 is 2.36 bits per heavy atom. The number of halogens is 2. The molecule has 0 bridgehead atoms. The molecule has 0 spiro atoms. The summed E-state index contributed by atoms with van der Waals surface area (Å²) in [6.07, 6.45) is 1.74. The highest BCUT2D eigenvalue weighted by molar-refractivity contribution is 9.11. The third-order valence-corrected chi connectivity index (χ3v) is 3.00. The monoisotopic (exact) mass is 323 g/mol. The van der Waals surface area contributed by atoms with Gasteiger partial charge in [-0.2, -0.15) is 0 Å². The fourth-order valence-corrected chi connectivity index (χ4v) is 2.17. The second-order valence-corrected chi connectivity index (χ2v) is 4.35. The molecule has 1 unspecified atom stereocenters. The maximum atomic E-state index is 10.4. The minimum atomic E-state index is -1.40. The van der Waals surface area contributed by atoms with Crippen molar-refractivity contribution in [1.82, 2.24) is 4.98 Å². The van der Waals surface area contributed by atoms with E-state index in [9.17, 15) is 4.79 Å². The Balaban J connectivity index is 2.91. The molecular formula is C8H7Br2NO3. The molecular weight excluding hydrogens is 318 g/mol. The maximum Gasteiger partial charge on any atom is 0.332 e. The van der Waals surface area contributed by atoms with E-state index in [1.165, 1.54) is 0 Å². The van der Waals surface area contributed by atoms with Gasteiger partial charge in [-0.15, -0.1) is 0 Å². The lowest BCUT2D eigenvalue weighted by Gasteiger charge is -2.08. The van der Waals surface area contributed by atoms with Gasteiger partial charge in [0.2, 0.25) is 0 Å². The van der Waals surface area contributed by atoms with Crippen LogP contribution < -0.4 is 0 Å². The van der Waals surface area contributed by atoms with Crippen molar-refractivity contribution in [2.24, 2.45) is 0 Å². The van der Waals surface area contributed by atoms with Gasteiger partial charge in [0.15, 0.2) is 6.10 Å². The van der Waals surface area contributed by atoms with Crippen LogP contribution in [0.15, 0.2) is 21.3 Å². The molecule has 0 amide bonds. The van der Waals surface area contributed by atoms with E-state index < -0.39 is 12.1 Å². The lowest BCUT2D eigenvalue weighted by Crippen LogP contribution is -2.22. The normalized spacial score (nSPS) is 12.5. The highest BCUT2D eigenvalue weighted by Crippen LogP contribution is 2.25. The summed E-state index contributed by atoms with van der Waals surface area (Å²) >= 11 is 6.46. The van der Waals surface area contributed by atoms with E-state index in [1.807, 2.05) is 0 Å². The van der Waals surface area contributed by atoms with Gasteiger partial charge in [0, 0.05) is 27.8 Å². The number of carboxylic acids is 1. The smallest absolute Gasteiger partial charge is 0.332 e. The predicted octanol–water partition coefficient (Wildman–Crippen LogP) is 1.59. The molecule has 0 saturated carbocycles. The number of carboxylic acid groups (broad SMARTS) is 1. The number of aliphatic hydroxyl groups excluding tert-OH is 1. The molecule has 0 fully saturated rings. The number of aromatic nitrogens is 1. The van der Waals surface area contributed by atoms with Crippen LogP contribution in [-0.2, 0) is 11.2 Å². The minimum absolute atomic E-state index is 0.0407. The fourth-order valence-electron chi connectivity index (χ4n) is 0.914. The van der Waals surface area contributed by atoms with Gasteiger partial charge in [-0.1, -0.05) is 0 Å². The van der Waals surface area contributed by atoms with Crippen molar-refractivity contribution in [1.29, 1.82) is 0 Å². The lowest BCUT2D eigenvalue weighted by atomic mass is 10.1. The molecule has 0 aliphatic rings. The molecule has 0 aliphatic heterocycles. The van der Waals surface area contributed by atoms with Gasteiger partial charge in [-0.3, -0.25) is 4.98 Å². The molecule has 0 saturated heterocycles. The SMILES string of the molecule is O=C(O)C(O)Cc1c(Br)cncc1Br. The Morgan fingerprint density at radius 1 is 1.43 bits per heavy atom. The molecule has 76 valence electrons. The second kappa shape index (κ2) is 4.86. The third kappa shape index (κ3) is 2.76. The third-order valence-electron chi connectivity index (χ3n) is 1.63. The van der Waals surface area contributed by atoms with Crippen molar-refractivity contribution < 1.29 is 15.0 Å². The maximum absolute atomic E-state index is 10.4. The number of pyridine rings is 1. The van der Waals surface area contributed by atoms with Crippen LogP contribution in [-0.4, -0.2) is 27.3 Å². The fraction of sp³-hybridized carbons (Fsp3) is 0.250. The highest BCUT2D eigenvalue weighted by Gasteiger charge is 2.17. The molecule has 4 nitrogen and oxygen atoms in total. The van der Waals surface area contributed by atoms with Gasteiger partial charge < -0.3 is 10.2 Å². The van der Waals surface area contributed by atoms with Gasteiger partial charge in [-0.25, -0.2) is 4.79 Å². The molecule has 2 N–H and O–H groups in total. The van der Waals surface area contributed by atoms with E-state index >= 15 is 0 Å². The zero-order valence-electron chi connectivity index (χ0n) is 6.94. The topological polar surface area (TPSA) is 70.4 Å². The Bertz CT molecular complexity index is 336. The average Bonchev–Trinajstić information content (AvgIpc) is 2.11. The molecule has 1 rings (SSSR count). The summed E-state index contributed by atoms with van der Waals surface area (Å²) in [5.41, 5.74) is 0.690. The average molecular weight is 325 g/mol. The van der Waals surface area contributed by atoms with Crippen LogP contribution in [0.1, 0.15) is 5.56 Å². The van der Waals surface area contributed by atoms with Crippen LogP contribution in [0.25, 0.3) is 0 Å². The minimum Gasteiger partial charge on any atom is -0.479 e. The number of aliphatic carboxylic acids is 1. The number of rotatable bonds is 3. The number of nitrogens with zero attached hydrogens (tertiary/aromatic N) is 1. The summed E-state index contributed by atoms with van der Waals surface area (Å²) in [4.78, 5) is 14.3. The zero-order chi connectivity index (χ0) is 10.7. The van der Waals surface area contributed by atoms with Gasteiger partial charge in [0.1, 0.15) is 0 Å². The standard InChI is InChI=1S/C8H7Br2NO3/c9-5-2-11-3-6(10)4(5)1-7(12)8(13)14/h2-3,7,12H,1H2,(H,13,14). The van der Waals surface area contributed by atoms with Crippen molar-refractivity contribution >= 4 is 37.8 Å². The Morgan fingerprint density at radius 2 is 1.93 bits per heavy atom. The van der Waals surface area contributed by atoms with E-state index in [0.29, 0.717) is 14.5 Å². The van der Waals surface area contributed by atoms with Crippen LogP contribution in [0.4, 0.5) is 0 Å². The number of hydrogen-bond acceptors (Lipinski definition) is 3. The quantitative estimate of drug-likeness (QED) is 0.886. The Kier molecular flexibility index (Phi) is 4.03. The summed E-state index contributed by atoms with van der Waals surface area (Å²) in [6.45, 7) is 0.